The van der Waals surface area contributed by atoms with Crippen LogP contribution in [0, 0.1) is 0 Å². The number of alkyl halides is 3. The van der Waals surface area contributed by atoms with Gasteiger partial charge < -0.3 is 10.1 Å². The first-order chi connectivity index (χ1) is 7.47. The molecule has 0 saturated carbocycles. The molecular formula is C9H7F3N2O2. The van der Waals surface area contributed by atoms with Crippen molar-refractivity contribution in [1.82, 2.24) is 10.3 Å². The van der Waals surface area contributed by atoms with Gasteiger partial charge in [-0.15, -0.1) is 0 Å². The van der Waals surface area contributed by atoms with E-state index in [1.807, 2.05) is 0 Å². The van der Waals surface area contributed by atoms with Gasteiger partial charge in [0, 0.05) is 6.20 Å². The number of amides is 1. The van der Waals surface area contributed by atoms with Crippen LogP contribution in [0.4, 0.5) is 18.0 Å². The molecule has 1 aliphatic rings. The number of cyclic esters (lactones) is 1. The van der Waals surface area contributed by atoms with E-state index < -0.39 is 23.9 Å². The molecule has 1 fully saturated rings. The monoisotopic (exact) mass is 232 g/mol. The molecule has 1 aromatic heterocycles. The number of pyridine rings is 1. The highest BCUT2D eigenvalue weighted by Crippen LogP contribution is 2.29. The number of hydrogen-bond donors (Lipinski definition) is 1. The summed E-state index contributed by atoms with van der Waals surface area (Å²) in [6.45, 7) is 0.219. The summed E-state index contributed by atoms with van der Waals surface area (Å²) in [5.74, 6) is 0. The molecule has 0 radical (unpaired) electrons. The van der Waals surface area contributed by atoms with Crippen molar-refractivity contribution in [3.63, 3.8) is 0 Å². The van der Waals surface area contributed by atoms with Gasteiger partial charge in [0.05, 0.1) is 17.8 Å². The molecule has 0 spiro atoms. The first-order valence-electron chi connectivity index (χ1n) is 4.44. The van der Waals surface area contributed by atoms with Crippen molar-refractivity contribution in [2.24, 2.45) is 0 Å². The Kier molecular flexibility index (Phi) is 2.45. The van der Waals surface area contributed by atoms with Crippen LogP contribution in [-0.2, 0) is 10.9 Å². The number of rotatable bonds is 1. The Morgan fingerprint density at radius 2 is 2.19 bits per heavy atom. The van der Waals surface area contributed by atoms with Gasteiger partial charge in [-0.3, -0.25) is 4.98 Å². The third-order valence-electron chi connectivity index (χ3n) is 2.12. The largest absolute Gasteiger partial charge is 0.438 e. The molecule has 0 aromatic carbocycles. The van der Waals surface area contributed by atoms with Crippen molar-refractivity contribution in [3.8, 4) is 0 Å². The maximum Gasteiger partial charge on any atom is 0.417 e. The van der Waals surface area contributed by atoms with Gasteiger partial charge in [0.1, 0.15) is 0 Å². The number of alkyl carbamates (subject to hydrolysis) is 1. The zero-order chi connectivity index (χ0) is 11.8. The molecular weight excluding hydrogens is 225 g/mol. The second-order valence-corrected chi connectivity index (χ2v) is 3.24. The van der Waals surface area contributed by atoms with Crippen LogP contribution in [0.15, 0.2) is 18.3 Å². The Hall–Kier alpha value is -1.79. The van der Waals surface area contributed by atoms with Crippen molar-refractivity contribution in [2.45, 2.75) is 12.3 Å². The van der Waals surface area contributed by atoms with Gasteiger partial charge in [-0.1, -0.05) is 0 Å². The summed E-state index contributed by atoms with van der Waals surface area (Å²) in [5.41, 5.74) is -0.528. The predicted octanol–water partition coefficient (Wildman–Crippen LogP) is 1.88. The summed E-state index contributed by atoms with van der Waals surface area (Å²) < 4.78 is 41.4. The lowest BCUT2D eigenvalue weighted by Gasteiger charge is -2.09. The lowest BCUT2D eigenvalue weighted by molar-refractivity contribution is -0.137. The van der Waals surface area contributed by atoms with E-state index in [1.54, 1.807) is 0 Å². The Bertz CT molecular complexity index is 402. The predicted molar refractivity (Wildman–Crippen MR) is 46.5 cm³/mol. The Morgan fingerprint density at radius 1 is 1.44 bits per heavy atom. The molecule has 1 atom stereocenters. The lowest BCUT2D eigenvalue weighted by Crippen LogP contribution is -2.13. The van der Waals surface area contributed by atoms with Crippen molar-refractivity contribution in [1.29, 1.82) is 0 Å². The van der Waals surface area contributed by atoms with Gasteiger partial charge >= 0.3 is 12.3 Å². The van der Waals surface area contributed by atoms with Crippen molar-refractivity contribution < 1.29 is 22.7 Å². The van der Waals surface area contributed by atoms with Crippen molar-refractivity contribution >= 4 is 6.09 Å². The standard InChI is InChI=1S/C9H7F3N2O2/c10-9(11,12)5-1-2-6(13-3-5)7-4-14-8(15)16-7/h1-3,7H,4H2,(H,14,15). The summed E-state index contributed by atoms with van der Waals surface area (Å²) in [4.78, 5) is 14.3. The molecule has 1 saturated heterocycles. The van der Waals surface area contributed by atoms with Crippen LogP contribution in [0.3, 0.4) is 0 Å². The molecule has 1 aliphatic heterocycles. The van der Waals surface area contributed by atoms with Gasteiger partial charge in [0.25, 0.3) is 0 Å². The topological polar surface area (TPSA) is 51.2 Å². The van der Waals surface area contributed by atoms with Crippen LogP contribution in [0.2, 0.25) is 0 Å². The Labute approximate surface area is 88.4 Å². The average Bonchev–Trinajstić information content (AvgIpc) is 2.64. The molecule has 16 heavy (non-hydrogen) atoms. The number of aromatic nitrogens is 1. The van der Waals surface area contributed by atoms with E-state index in [0.29, 0.717) is 5.69 Å². The lowest BCUT2D eigenvalue weighted by atomic mass is 10.2. The summed E-state index contributed by atoms with van der Waals surface area (Å²) >= 11 is 0. The van der Waals surface area contributed by atoms with E-state index in [1.165, 1.54) is 6.07 Å². The highest BCUT2D eigenvalue weighted by Gasteiger charge is 2.32. The van der Waals surface area contributed by atoms with Crippen LogP contribution in [0.25, 0.3) is 0 Å². The molecule has 0 aliphatic carbocycles. The van der Waals surface area contributed by atoms with Gasteiger partial charge in [-0.25, -0.2) is 4.79 Å². The fourth-order valence-corrected chi connectivity index (χ4v) is 1.32. The zero-order valence-corrected chi connectivity index (χ0v) is 7.91. The van der Waals surface area contributed by atoms with E-state index in [-0.39, 0.29) is 6.54 Å². The summed E-state index contributed by atoms with van der Waals surface area (Å²) in [5, 5.41) is 2.39. The highest BCUT2D eigenvalue weighted by atomic mass is 19.4. The van der Waals surface area contributed by atoms with Crippen LogP contribution in [-0.4, -0.2) is 17.6 Å². The number of hydrogen-bond acceptors (Lipinski definition) is 3. The number of carbonyl (C=O) groups excluding carboxylic acids is 1. The quantitative estimate of drug-likeness (QED) is 0.804. The highest BCUT2D eigenvalue weighted by molar-refractivity contribution is 5.69. The molecule has 7 heteroatoms. The third-order valence-corrected chi connectivity index (χ3v) is 2.12. The average molecular weight is 232 g/mol. The van der Waals surface area contributed by atoms with Crippen molar-refractivity contribution in [2.75, 3.05) is 6.54 Å². The zero-order valence-electron chi connectivity index (χ0n) is 7.91. The summed E-state index contributed by atoms with van der Waals surface area (Å²) in [6.07, 6.45) is -4.89. The van der Waals surface area contributed by atoms with Crippen molar-refractivity contribution in [3.05, 3.63) is 29.6 Å². The van der Waals surface area contributed by atoms with Crippen LogP contribution in [0.1, 0.15) is 17.4 Å². The first kappa shape index (κ1) is 10.7. The molecule has 1 N–H and O–H groups in total. The maximum absolute atomic E-state index is 12.2. The van der Waals surface area contributed by atoms with Gasteiger partial charge in [-0.2, -0.15) is 13.2 Å². The molecule has 0 bridgehead atoms. The van der Waals surface area contributed by atoms with Gasteiger partial charge in [-0.05, 0) is 12.1 Å². The molecule has 2 rings (SSSR count). The number of nitrogens with one attached hydrogen (secondary N) is 1. The van der Waals surface area contributed by atoms with E-state index in [2.05, 4.69) is 10.3 Å². The minimum absolute atomic E-state index is 0.219. The van der Waals surface area contributed by atoms with E-state index in [0.717, 1.165) is 12.3 Å². The molecule has 4 nitrogen and oxygen atoms in total. The van der Waals surface area contributed by atoms with Crippen LogP contribution in [0.5, 0.6) is 0 Å². The first-order valence-corrected chi connectivity index (χ1v) is 4.44. The second-order valence-electron chi connectivity index (χ2n) is 3.24. The third kappa shape index (κ3) is 2.07. The molecule has 1 aromatic rings. The fraction of sp³-hybridized carbons (Fsp3) is 0.333. The summed E-state index contributed by atoms with van der Waals surface area (Å²) in [6, 6.07) is 2.11. The molecule has 1 amide bonds. The number of halogens is 3. The smallest absolute Gasteiger partial charge is 0.417 e. The Morgan fingerprint density at radius 3 is 2.62 bits per heavy atom. The minimum atomic E-state index is -4.41. The van der Waals surface area contributed by atoms with E-state index >= 15 is 0 Å². The second kappa shape index (κ2) is 3.66. The number of nitrogens with zero attached hydrogens (tertiary/aromatic N) is 1. The van der Waals surface area contributed by atoms with E-state index in [4.69, 9.17) is 4.74 Å². The Balaban J connectivity index is 2.17. The number of ether oxygens (including phenoxy) is 1. The van der Waals surface area contributed by atoms with Crippen LogP contribution < -0.4 is 5.32 Å². The summed E-state index contributed by atoms with van der Waals surface area (Å²) in [7, 11) is 0. The number of carbonyl (C=O) groups is 1. The van der Waals surface area contributed by atoms with Gasteiger partial charge in [0.2, 0.25) is 0 Å². The van der Waals surface area contributed by atoms with Crippen LogP contribution >= 0.6 is 0 Å². The fourth-order valence-electron chi connectivity index (χ4n) is 1.32. The molecule has 2 heterocycles. The van der Waals surface area contributed by atoms with Gasteiger partial charge in [0.15, 0.2) is 6.10 Å². The molecule has 1 unspecified atom stereocenters. The normalized spacial score (nSPS) is 20.4. The molecule has 86 valence electrons. The maximum atomic E-state index is 12.2. The SMILES string of the molecule is O=C1NCC(c2ccc(C(F)(F)F)cn2)O1. The minimum Gasteiger partial charge on any atom is -0.438 e. The van der Waals surface area contributed by atoms with E-state index in [9.17, 15) is 18.0 Å².